The van der Waals surface area contributed by atoms with Gasteiger partial charge in [-0.15, -0.1) is 12.6 Å². The van der Waals surface area contributed by atoms with Gasteiger partial charge in [0.1, 0.15) is 0 Å². The maximum Gasteiger partial charge on any atom is 0.189 e. The SMILES string of the molecule is O=C(S)CC(SC(=O)CCC1CCCCCC1)C1CCCCCCC1. The van der Waals surface area contributed by atoms with E-state index in [1.54, 1.807) is 0 Å². The van der Waals surface area contributed by atoms with E-state index in [1.807, 2.05) is 0 Å². The smallest absolute Gasteiger partial charge is 0.189 e. The maximum atomic E-state index is 12.6. The number of carbonyl (C=O) groups excluding carboxylic acids is 2. The van der Waals surface area contributed by atoms with E-state index in [9.17, 15) is 9.59 Å². The minimum Gasteiger partial charge on any atom is -0.287 e. The van der Waals surface area contributed by atoms with Crippen LogP contribution < -0.4 is 0 Å². The van der Waals surface area contributed by atoms with Crippen molar-refractivity contribution in [3.05, 3.63) is 0 Å². The van der Waals surface area contributed by atoms with Crippen LogP contribution in [0.15, 0.2) is 0 Å². The van der Waals surface area contributed by atoms with Crippen molar-refractivity contribution in [3.63, 3.8) is 0 Å². The number of thioether (sulfide) groups is 1. The fourth-order valence-electron chi connectivity index (χ4n) is 4.54. The van der Waals surface area contributed by atoms with Gasteiger partial charge in [0, 0.05) is 18.1 Å². The molecule has 2 aliphatic rings. The summed E-state index contributed by atoms with van der Waals surface area (Å²) in [6, 6.07) is 0. The predicted octanol–water partition coefficient (Wildman–Crippen LogP) is 6.57. The zero-order valence-electron chi connectivity index (χ0n) is 15.7. The Morgan fingerprint density at radius 2 is 1.36 bits per heavy atom. The minimum atomic E-state index is -0.0591. The van der Waals surface area contributed by atoms with E-state index in [2.05, 4.69) is 12.6 Å². The van der Waals surface area contributed by atoms with Gasteiger partial charge in [0.2, 0.25) is 0 Å². The lowest BCUT2D eigenvalue weighted by atomic mass is 9.88. The number of thiol groups is 1. The van der Waals surface area contributed by atoms with Crippen LogP contribution in [0.5, 0.6) is 0 Å². The number of carbonyl (C=O) groups is 2. The van der Waals surface area contributed by atoms with Gasteiger partial charge >= 0.3 is 0 Å². The van der Waals surface area contributed by atoms with Crippen LogP contribution in [-0.2, 0) is 9.59 Å². The van der Waals surface area contributed by atoms with Gasteiger partial charge in [-0.3, -0.25) is 9.59 Å². The summed E-state index contributed by atoms with van der Waals surface area (Å²) in [6.45, 7) is 0. The van der Waals surface area contributed by atoms with Crippen LogP contribution in [0.3, 0.4) is 0 Å². The van der Waals surface area contributed by atoms with Gasteiger partial charge in [-0.2, -0.15) is 0 Å². The summed E-state index contributed by atoms with van der Waals surface area (Å²) in [4.78, 5) is 24.2. The molecule has 0 heterocycles. The minimum absolute atomic E-state index is 0.0591. The topological polar surface area (TPSA) is 34.1 Å². The summed E-state index contributed by atoms with van der Waals surface area (Å²) >= 11 is 5.49. The van der Waals surface area contributed by atoms with E-state index in [0.29, 0.717) is 23.9 Å². The lowest BCUT2D eigenvalue weighted by Crippen LogP contribution is -2.22. The Morgan fingerprint density at radius 1 is 0.840 bits per heavy atom. The summed E-state index contributed by atoms with van der Waals surface area (Å²) in [6.07, 6.45) is 19.0. The van der Waals surface area contributed by atoms with Crippen LogP contribution in [0.4, 0.5) is 0 Å². The van der Waals surface area contributed by atoms with Crippen LogP contribution >= 0.6 is 24.4 Å². The Bertz CT molecular complexity index is 395. The zero-order valence-corrected chi connectivity index (χ0v) is 17.4. The monoisotopic (exact) mass is 384 g/mol. The molecule has 0 aromatic carbocycles. The highest BCUT2D eigenvalue weighted by molar-refractivity contribution is 8.14. The van der Waals surface area contributed by atoms with E-state index >= 15 is 0 Å². The third kappa shape index (κ3) is 8.99. The summed E-state index contributed by atoms with van der Waals surface area (Å²) in [5.74, 6) is 1.27. The highest BCUT2D eigenvalue weighted by Gasteiger charge is 2.27. The van der Waals surface area contributed by atoms with E-state index < -0.39 is 0 Å². The van der Waals surface area contributed by atoms with Crippen molar-refractivity contribution >= 4 is 34.6 Å². The molecule has 2 rings (SSSR count). The first-order valence-corrected chi connectivity index (χ1v) is 11.9. The average Bonchev–Trinajstić information content (AvgIpc) is 2.80. The Balaban J connectivity index is 1.81. The van der Waals surface area contributed by atoms with Crippen molar-refractivity contribution < 1.29 is 9.59 Å². The molecule has 2 fully saturated rings. The van der Waals surface area contributed by atoms with Crippen LogP contribution in [0.2, 0.25) is 0 Å². The molecule has 0 saturated heterocycles. The van der Waals surface area contributed by atoms with Gasteiger partial charge < -0.3 is 0 Å². The van der Waals surface area contributed by atoms with Crippen molar-refractivity contribution in [1.82, 2.24) is 0 Å². The maximum absolute atomic E-state index is 12.6. The molecule has 2 nitrogen and oxygen atoms in total. The Morgan fingerprint density at radius 3 is 1.92 bits per heavy atom. The molecule has 2 aliphatic carbocycles. The molecular formula is C21H36O2S2. The molecule has 0 aliphatic heterocycles. The Labute approximate surface area is 164 Å². The largest absolute Gasteiger partial charge is 0.287 e. The summed E-state index contributed by atoms with van der Waals surface area (Å²) in [5, 5.41) is 0.409. The number of rotatable bonds is 7. The standard InChI is InChI=1S/C21H36O2S2/c22-20(24)16-19(18-12-8-2-1-3-9-13-18)25-21(23)15-14-17-10-6-4-5-7-11-17/h17-19H,1-16H2,(H,22,24). The Kier molecular flexibility index (Phi) is 10.6. The second kappa shape index (κ2) is 12.4. The highest BCUT2D eigenvalue weighted by atomic mass is 32.2. The van der Waals surface area contributed by atoms with Crippen LogP contribution in [0.25, 0.3) is 0 Å². The third-order valence-corrected chi connectivity index (χ3v) is 7.57. The van der Waals surface area contributed by atoms with Crippen molar-refractivity contribution in [3.8, 4) is 0 Å². The molecule has 0 aromatic heterocycles. The molecule has 0 radical (unpaired) electrons. The van der Waals surface area contributed by atoms with Gasteiger partial charge in [0.05, 0.1) is 0 Å². The molecule has 0 N–H and O–H groups in total. The fraction of sp³-hybridized carbons (Fsp3) is 0.905. The first kappa shape index (κ1) is 21.3. The lowest BCUT2D eigenvalue weighted by Gasteiger charge is -2.27. The lowest BCUT2D eigenvalue weighted by molar-refractivity contribution is -0.111. The van der Waals surface area contributed by atoms with Crippen molar-refractivity contribution in [2.24, 2.45) is 11.8 Å². The Hall–Kier alpha value is 0.0400. The van der Waals surface area contributed by atoms with Crippen LogP contribution in [-0.4, -0.2) is 15.5 Å². The van der Waals surface area contributed by atoms with Gasteiger partial charge in [-0.1, -0.05) is 82.4 Å². The second-order valence-corrected chi connectivity index (χ2v) is 9.92. The molecule has 2 saturated carbocycles. The molecule has 0 bridgehead atoms. The van der Waals surface area contributed by atoms with E-state index in [4.69, 9.17) is 0 Å². The van der Waals surface area contributed by atoms with E-state index in [0.717, 1.165) is 12.3 Å². The van der Waals surface area contributed by atoms with Gasteiger partial charge in [0.15, 0.2) is 10.2 Å². The van der Waals surface area contributed by atoms with Crippen LogP contribution in [0, 0.1) is 11.8 Å². The average molecular weight is 385 g/mol. The fourth-order valence-corrected chi connectivity index (χ4v) is 6.13. The first-order valence-electron chi connectivity index (χ1n) is 10.6. The number of hydrogen-bond donors (Lipinski definition) is 1. The molecule has 4 heteroatoms. The molecular weight excluding hydrogens is 348 g/mol. The quantitative estimate of drug-likeness (QED) is 0.398. The van der Waals surface area contributed by atoms with Crippen LogP contribution in [0.1, 0.15) is 103 Å². The van der Waals surface area contributed by atoms with E-state index in [1.165, 1.54) is 95.2 Å². The molecule has 0 amide bonds. The molecule has 25 heavy (non-hydrogen) atoms. The normalized spacial score (nSPS) is 22.6. The summed E-state index contributed by atoms with van der Waals surface area (Å²) < 4.78 is 0. The molecule has 0 aromatic rings. The molecule has 1 unspecified atom stereocenters. The van der Waals surface area contributed by atoms with Gasteiger partial charge in [-0.05, 0) is 31.1 Å². The van der Waals surface area contributed by atoms with Gasteiger partial charge in [0.25, 0.3) is 0 Å². The van der Waals surface area contributed by atoms with E-state index in [-0.39, 0.29) is 10.4 Å². The van der Waals surface area contributed by atoms with Crippen molar-refractivity contribution in [2.75, 3.05) is 0 Å². The third-order valence-electron chi connectivity index (χ3n) is 6.07. The summed E-state index contributed by atoms with van der Waals surface area (Å²) in [7, 11) is 0. The molecule has 1 atom stereocenters. The predicted molar refractivity (Wildman–Crippen MR) is 111 cm³/mol. The van der Waals surface area contributed by atoms with Crippen molar-refractivity contribution in [2.45, 2.75) is 108 Å². The highest BCUT2D eigenvalue weighted by Crippen LogP contribution is 2.35. The molecule has 0 spiro atoms. The first-order chi connectivity index (χ1) is 12.1. The summed E-state index contributed by atoms with van der Waals surface area (Å²) in [5.41, 5.74) is 0. The second-order valence-electron chi connectivity index (χ2n) is 8.13. The zero-order chi connectivity index (χ0) is 17.9. The van der Waals surface area contributed by atoms with Crippen molar-refractivity contribution in [1.29, 1.82) is 0 Å². The molecule has 144 valence electrons. The number of hydrogen-bond acceptors (Lipinski definition) is 3. The van der Waals surface area contributed by atoms with Gasteiger partial charge in [-0.25, -0.2) is 0 Å².